The molecule has 8 nitrogen and oxygen atoms in total. The van der Waals surface area contributed by atoms with Crippen molar-refractivity contribution < 1.29 is 9.59 Å². The van der Waals surface area contributed by atoms with E-state index in [9.17, 15) is 0 Å². The van der Waals surface area contributed by atoms with Gasteiger partial charge in [0.2, 0.25) is 0 Å². The summed E-state index contributed by atoms with van der Waals surface area (Å²) in [5, 5.41) is 16.7. The SMILES string of the molecule is Cc1nn(Cn2nc(C)n[n+]2C)[n+](C)n1. The molecule has 2 rings (SSSR count). The van der Waals surface area contributed by atoms with Gasteiger partial charge >= 0.3 is 11.6 Å². The maximum atomic E-state index is 4.22. The predicted molar refractivity (Wildman–Crippen MR) is 47.3 cm³/mol. The summed E-state index contributed by atoms with van der Waals surface area (Å²) in [6.07, 6.45) is 0. The summed E-state index contributed by atoms with van der Waals surface area (Å²) in [5.41, 5.74) is 0. The van der Waals surface area contributed by atoms with Crippen molar-refractivity contribution in [1.82, 2.24) is 30.0 Å². The third-order valence-corrected chi connectivity index (χ3v) is 2.02. The Balaban J connectivity index is 2.29. The number of nitrogens with zero attached hydrogens (tertiary/aromatic N) is 8. The molecule has 2 aromatic heterocycles. The first kappa shape index (κ1) is 9.69. The van der Waals surface area contributed by atoms with Crippen LogP contribution in [0.2, 0.25) is 0 Å². The van der Waals surface area contributed by atoms with Crippen LogP contribution in [0.3, 0.4) is 0 Å². The lowest BCUT2D eigenvalue weighted by Gasteiger charge is -1.91. The molecule has 0 spiro atoms. The molecule has 0 bridgehead atoms. The fraction of sp³-hybridized carbons (Fsp3) is 0.714. The van der Waals surface area contributed by atoms with Gasteiger partial charge in [0.1, 0.15) is 14.1 Å². The van der Waals surface area contributed by atoms with Gasteiger partial charge in [0.05, 0.1) is 10.2 Å². The highest BCUT2D eigenvalue weighted by Gasteiger charge is 2.18. The molecule has 2 aromatic rings. The lowest BCUT2D eigenvalue weighted by Crippen LogP contribution is -2.49. The van der Waals surface area contributed by atoms with Gasteiger partial charge in [0, 0.05) is 23.4 Å². The fourth-order valence-corrected chi connectivity index (χ4v) is 1.39. The molecule has 8 heteroatoms. The van der Waals surface area contributed by atoms with E-state index in [0.29, 0.717) is 6.67 Å². The Bertz CT molecular complexity index is 437. The molecule has 80 valence electrons. The molecule has 0 atom stereocenters. The molecule has 2 heterocycles. The van der Waals surface area contributed by atoms with E-state index < -0.39 is 0 Å². The largest absolute Gasteiger partial charge is 0.305 e. The second-order valence-electron chi connectivity index (χ2n) is 3.36. The van der Waals surface area contributed by atoms with E-state index in [0.717, 1.165) is 11.6 Å². The lowest BCUT2D eigenvalue weighted by atomic mass is 10.8. The normalized spacial score (nSPS) is 10.9. The third-order valence-electron chi connectivity index (χ3n) is 2.02. The van der Waals surface area contributed by atoms with E-state index in [2.05, 4.69) is 20.4 Å². The molecule has 0 radical (unpaired) electrons. The van der Waals surface area contributed by atoms with Gasteiger partial charge in [-0.2, -0.15) is 0 Å². The highest BCUT2D eigenvalue weighted by molar-refractivity contribution is 4.65. The zero-order valence-corrected chi connectivity index (χ0v) is 9.28. The average Bonchev–Trinajstić information content (AvgIpc) is 2.58. The van der Waals surface area contributed by atoms with Crippen LogP contribution in [-0.2, 0) is 20.8 Å². The molecule has 15 heavy (non-hydrogen) atoms. The van der Waals surface area contributed by atoms with E-state index in [1.807, 2.05) is 27.9 Å². The molecule has 0 aliphatic heterocycles. The summed E-state index contributed by atoms with van der Waals surface area (Å²) in [6, 6.07) is 0. The number of aryl methyl sites for hydroxylation is 4. The Morgan fingerprint density at radius 2 is 1.33 bits per heavy atom. The van der Waals surface area contributed by atoms with Crippen LogP contribution in [0.5, 0.6) is 0 Å². The van der Waals surface area contributed by atoms with Gasteiger partial charge in [-0.3, -0.25) is 0 Å². The summed E-state index contributed by atoms with van der Waals surface area (Å²) < 4.78 is 0. The van der Waals surface area contributed by atoms with Crippen LogP contribution in [0.4, 0.5) is 0 Å². The van der Waals surface area contributed by atoms with Crippen molar-refractivity contribution >= 4 is 0 Å². The van der Waals surface area contributed by atoms with Crippen LogP contribution in [-0.4, -0.2) is 30.0 Å². The van der Waals surface area contributed by atoms with Crippen LogP contribution in [0, 0.1) is 13.8 Å². The van der Waals surface area contributed by atoms with Crippen molar-refractivity contribution in [2.24, 2.45) is 14.1 Å². The Kier molecular flexibility index (Phi) is 2.18. The minimum absolute atomic E-state index is 0.495. The monoisotopic (exact) mass is 210 g/mol. The molecule has 0 unspecified atom stereocenters. The van der Waals surface area contributed by atoms with Gasteiger partial charge in [0.25, 0.3) is 6.67 Å². The van der Waals surface area contributed by atoms with Crippen LogP contribution in [0.25, 0.3) is 0 Å². The van der Waals surface area contributed by atoms with Gasteiger partial charge in [-0.1, -0.05) is 9.59 Å². The highest BCUT2D eigenvalue weighted by atomic mass is 15.7. The molecular weight excluding hydrogens is 196 g/mol. The smallest absolute Gasteiger partial charge is 0.0607 e. The van der Waals surface area contributed by atoms with Crippen molar-refractivity contribution in [2.75, 3.05) is 0 Å². The number of tetrazole rings is 2. The average molecular weight is 210 g/mol. The molecule has 0 saturated carbocycles. The number of aromatic nitrogens is 8. The van der Waals surface area contributed by atoms with Gasteiger partial charge < -0.3 is 0 Å². The first-order chi connectivity index (χ1) is 7.06. The highest BCUT2D eigenvalue weighted by Crippen LogP contribution is 1.82. The van der Waals surface area contributed by atoms with Crippen molar-refractivity contribution in [3.63, 3.8) is 0 Å². The second-order valence-corrected chi connectivity index (χ2v) is 3.36. The minimum Gasteiger partial charge on any atom is -0.0607 e. The van der Waals surface area contributed by atoms with E-state index in [1.54, 1.807) is 19.2 Å². The third kappa shape index (κ3) is 1.83. The fourth-order valence-electron chi connectivity index (χ4n) is 1.39. The molecule has 0 saturated heterocycles. The van der Waals surface area contributed by atoms with Gasteiger partial charge in [0.15, 0.2) is 0 Å². The van der Waals surface area contributed by atoms with Crippen LogP contribution < -0.4 is 9.59 Å². The van der Waals surface area contributed by atoms with Crippen molar-refractivity contribution in [3.8, 4) is 0 Å². The Morgan fingerprint density at radius 1 is 0.933 bits per heavy atom. The zero-order chi connectivity index (χ0) is 11.0. The first-order valence-electron chi connectivity index (χ1n) is 4.62. The minimum atomic E-state index is 0.495. The maximum Gasteiger partial charge on any atom is 0.305 e. The lowest BCUT2D eigenvalue weighted by molar-refractivity contribution is -0.833. The maximum absolute atomic E-state index is 4.22. The van der Waals surface area contributed by atoms with E-state index in [1.165, 1.54) is 0 Å². The zero-order valence-electron chi connectivity index (χ0n) is 9.28. The van der Waals surface area contributed by atoms with Crippen LogP contribution >= 0.6 is 0 Å². The summed E-state index contributed by atoms with van der Waals surface area (Å²) in [4.78, 5) is 6.77. The first-order valence-corrected chi connectivity index (χ1v) is 4.62. The Labute approximate surface area is 86.7 Å². The summed E-state index contributed by atoms with van der Waals surface area (Å²) in [7, 11) is 3.67. The predicted octanol–water partition coefficient (Wildman–Crippen LogP) is -2.36. The van der Waals surface area contributed by atoms with Crippen LogP contribution in [0.15, 0.2) is 0 Å². The molecule has 0 aromatic carbocycles. The molecule has 0 aliphatic carbocycles. The molecule has 0 amide bonds. The van der Waals surface area contributed by atoms with E-state index >= 15 is 0 Å². The number of hydrogen-bond acceptors (Lipinski definition) is 4. The molecule has 0 fully saturated rings. The van der Waals surface area contributed by atoms with E-state index in [-0.39, 0.29) is 0 Å². The molecular formula is C7H14N8+2. The quantitative estimate of drug-likeness (QED) is 0.520. The van der Waals surface area contributed by atoms with Gasteiger partial charge in [-0.05, 0) is 10.2 Å². The summed E-state index contributed by atoms with van der Waals surface area (Å²) in [6.45, 7) is 4.20. The van der Waals surface area contributed by atoms with Gasteiger partial charge in [-0.15, -0.1) is 0 Å². The van der Waals surface area contributed by atoms with Crippen molar-refractivity contribution in [3.05, 3.63) is 11.6 Å². The second kappa shape index (κ2) is 3.37. The number of rotatable bonds is 2. The topological polar surface area (TPSA) is 69.2 Å². The van der Waals surface area contributed by atoms with Gasteiger partial charge in [-0.25, -0.2) is 0 Å². The Hall–Kier alpha value is -1.86. The Morgan fingerprint density at radius 3 is 1.60 bits per heavy atom. The standard InChI is InChI=1S/C7H14N8/c1-6-8-12(3)14(10-6)5-15-11-7(2)9-13(15)4/h5H2,1-4H3/q+2. The molecule has 0 aliphatic rings. The van der Waals surface area contributed by atoms with Crippen molar-refractivity contribution in [2.45, 2.75) is 20.5 Å². The van der Waals surface area contributed by atoms with Crippen molar-refractivity contribution in [1.29, 1.82) is 0 Å². The van der Waals surface area contributed by atoms with E-state index in [4.69, 9.17) is 0 Å². The molecule has 0 N–H and O–H groups in total. The number of hydrogen-bond donors (Lipinski definition) is 0. The summed E-state index contributed by atoms with van der Waals surface area (Å²) >= 11 is 0. The summed E-state index contributed by atoms with van der Waals surface area (Å²) in [5.74, 6) is 1.47. The van der Waals surface area contributed by atoms with Crippen LogP contribution in [0.1, 0.15) is 11.6 Å².